The van der Waals surface area contributed by atoms with Crippen LogP contribution in [-0.2, 0) is 19.5 Å². The van der Waals surface area contributed by atoms with Gasteiger partial charge in [-0.3, -0.25) is 4.79 Å². The van der Waals surface area contributed by atoms with Crippen LogP contribution in [-0.4, -0.2) is 53.3 Å². The smallest absolute Gasteiger partial charge is 0.251 e. The maximum atomic E-state index is 12.4. The Morgan fingerprint density at radius 1 is 1.20 bits per heavy atom. The molecule has 2 saturated heterocycles. The molecule has 25 heavy (non-hydrogen) atoms. The highest BCUT2D eigenvalue weighted by Crippen LogP contribution is 2.15. The third-order valence-electron chi connectivity index (χ3n) is 4.51. The number of hydrogen-bond donors (Lipinski definition) is 2. The zero-order valence-electron chi connectivity index (χ0n) is 14.1. The van der Waals surface area contributed by atoms with E-state index in [9.17, 15) is 13.2 Å². The van der Waals surface area contributed by atoms with Crippen LogP contribution in [0.5, 0.6) is 0 Å². The number of rotatable bonds is 7. The summed E-state index contributed by atoms with van der Waals surface area (Å²) in [6.07, 6.45) is 2.67. The SMILES string of the molecule is O=C(NCC1CCOC1)c1cccc(S(=O)(=O)NCC2CCCO2)c1. The van der Waals surface area contributed by atoms with Crippen LogP contribution in [0.15, 0.2) is 29.2 Å². The van der Waals surface area contributed by atoms with Crippen LogP contribution in [0.2, 0.25) is 0 Å². The van der Waals surface area contributed by atoms with Gasteiger partial charge in [-0.15, -0.1) is 0 Å². The van der Waals surface area contributed by atoms with Crippen molar-refractivity contribution in [1.82, 2.24) is 10.0 Å². The van der Waals surface area contributed by atoms with Crippen LogP contribution in [0.4, 0.5) is 0 Å². The molecular formula is C17H24N2O5S. The number of benzene rings is 1. The van der Waals surface area contributed by atoms with Crippen molar-refractivity contribution in [2.75, 3.05) is 32.9 Å². The molecule has 0 bridgehead atoms. The van der Waals surface area contributed by atoms with E-state index in [4.69, 9.17) is 9.47 Å². The molecule has 1 aromatic carbocycles. The maximum absolute atomic E-state index is 12.4. The second-order valence-electron chi connectivity index (χ2n) is 6.45. The largest absolute Gasteiger partial charge is 0.381 e. The van der Waals surface area contributed by atoms with Crippen molar-refractivity contribution in [2.24, 2.45) is 5.92 Å². The fourth-order valence-electron chi connectivity index (χ4n) is 2.98. The normalized spacial score (nSPS) is 23.7. The lowest BCUT2D eigenvalue weighted by molar-refractivity contribution is 0.0944. The molecule has 138 valence electrons. The second kappa shape index (κ2) is 8.27. The summed E-state index contributed by atoms with van der Waals surface area (Å²) in [6, 6.07) is 6.07. The number of hydrogen-bond acceptors (Lipinski definition) is 5. The summed E-state index contributed by atoms with van der Waals surface area (Å²) in [4.78, 5) is 12.3. The third kappa shape index (κ3) is 5.01. The summed E-state index contributed by atoms with van der Waals surface area (Å²) < 4.78 is 38.1. The van der Waals surface area contributed by atoms with Crippen molar-refractivity contribution in [3.63, 3.8) is 0 Å². The number of ether oxygens (including phenoxy) is 2. The molecule has 0 spiro atoms. The number of sulfonamides is 1. The molecule has 2 fully saturated rings. The lowest BCUT2D eigenvalue weighted by atomic mass is 10.1. The molecule has 0 radical (unpaired) electrons. The number of carbonyl (C=O) groups excluding carboxylic acids is 1. The van der Waals surface area contributed by atoms with Gasteiger partial charge in [-0.2, -0.15) is 0 Å². The minimum atomic E-state index is -3.66. The van der Waals surface area contributed by atoms with Gasteiger partial charge in [0.1, 0.15) is 0 Å². The molecular weight excluding hydrogens is 344 g/mol. The van der Waals surface area contributed by atoms with Gasteiger partial charge in [-0.1, -0.05) is 6.07 Å². The lowest BCUT2D eigenvalue weighted by Crippen LogP contribution is -2.32. The quantitative estimate of drug-likeness (QED) is 0.746. The Hall–Kier alpha value is -1.48. The van der Waals surface area contributed by atoms with Gasteiger partial charge in [0, 0.05) is 37.8 Å². The van der Waals surface area contributed by atoms with E-state index in [-0.39, 0.29) is 23.5 Å². The van der Waals surface area contributed by atoms with Gasteiger partial charge < -0.3 is 14.8 Å². The number of nitrogens with one attached hydrogen (secondary N) is 2. The van der Waals surface area contributed by atoms with Crippen molar-refractivity contribution in [1.29, 1.82) is 0 Å². The molecule has 0 saturated carbocycles. The molecule has 2 aliphatic rings. The summed E-state index contributed by atoms with van der Waals surface area (Å²) in [5, 5.41) is 2.84. The Bertz CT molecular complexity index is 695. The second-order valence-corrected chi connectivity index (χ2v) is 8.22. The molecule has 0 aliphatic carbocycles. The molecule has 1 aromatic rings. The van der Waals surface area contributed by atoms with E-state index in [2.05, 4.69) is 10.0 Å². The molecule has 8 heteroatoms. The van der Waals surface area contributed by atoms with Crippen LogP contribution in [0.1, 0.15) is 29.6 Å². The predicted octanol–water partition coefficient (Wildman–Crippen LogP) is 0.910. The van der Waals surface area contributed by atoms with Gasteiger partial charge in [0.05, 0.1) is 17.6 Å². The van der Waals surface area contributed by atoms with Gasteiger partial charge in [0.25, 0.3) is 5.91 Å². The van der Waals surface area contributed by atoms with E-state index in [1.807, 2.05) is 0 Å². The zero-order valence-corrected chi connectivity index (χ0v) is 14.9. The van der Waals surface area contributed by atoms with E-state index in [1.54, 1.807) is 12.1 Å². The molecule has 2 atom stereocenters. The zero-order chi connectivity index (χ0) is 17.7. The number of amides is 1. The van der Waals surface area contributed by atoms with Gasteiger partial charge in [0.2, 0.25) is 10.0 Å². The average Bonchev–Trinajstić information content (AvgIpc) is 3.31. The van der Waals surface area contributed by atoms with E-state index < -0.39 is 10.0 Å². The maximum Gasteiger partial charge on any atom is 0.251 e. The topological polar surface area (TPSA) is 93.7 Å². The van der Waals surface area contributed by atoms with Crippen molar-refractivity contribution in [3.05, 3.63) is 29.8 Å². The summed E-state index contributed by atoms with van der Waals surface area (Å²) in [5.41, 5.74) is 0.332. The molecule has 2 aliphatic heterocycles. The monoisotopic (exact) mass is 368 g/mol. The summed E-state index contributed by atoms with van der Waals surface area (Å²) in [6.45, 7) is 2.84. The van der Waals surface area contributed by atoms with E-state index >= 15 is 0 Å². The summed E-state index contributed by atoms with van der Waals surface area (Å²) in [7, 11) is -3.66. The first-order chi connectivity index (χ1) is 12.0. The van der Waals surface area contributed by atoms with Crippen LogP contribution < -0.4 is 10.0 Å². The fourth-order valence-corrected chi connectivity index (χ4v) is 4.09. The molecule has 0 aromatic heterocycles. The molecule has 1 amide bonds. The van der Waals surface area contributed by atoms with Gasteiger partial charge in [-0.25, -0.2) is 13.1 Å². The third-order valence-corrected chi connectivity index (χ3v) is 5.93. The molecule has 2 heterocycles. The van der Waals surface area contributed by atoms with Crippen molar-refractivity contribution >= 4 is 15.9 Å². The summed E-state index contributed by atoms with van der Waals surface area (Å²) >= 11 is 0. The number of carbonyl (C=O) groups is 1. The van der Waals surface area contributed by atoms with Gasteiger partial charge in [-0.05, 0) is 37.5 Å². The summed E-state index contributed by atoms with van der Waals surface area (Å²) in [5.74, 6) is 0.0482. The van der Waals surface area contributed by atoms with Crippen LogP contribution in [0.3, 0.4) is 0 Å². The predicted molar refractivity (Wildman–Crippen MR) is 91.9 cm³/mol. The Morgan fingerprint density at radius 3 is 2.80 bits per heavy atom. The lowest BCUT2D eigenvalue weighted by Gasteiger charge is -2.13. The molecule has 3 rings (SSSR count). The molecule has 2 N–H and O–H groups in total. The first kappa shape index (κ1) is 18.3. The fraction of sp³-hybridized carbons (Fsp3) is 0.588. The minimum absolute atomic E-state index is 0.0742. The highest BCUT2D eigenvalue weighted by atomic mass is 32.2. The van der Waals surface area contributed by atoms with Gasteiger partial charge in [0.15, 0.2) is 0 Å². The highest BCUT2D eigenvalue weighted by Gasteiger charge is 2.21. The Balaban J connectivity index is 1.59. The van der Waals surface area contributed by atoms with Crippen LogP contribution >= 0.6 is 0 Å². The van der Waals surface area contributed by atoms with Crippen molar-refractivity contribution in [3.8, 4) is 0 Å². The van der Waals surface area contributed by atoms with Crippen LogP contribution in [0.25, 0.3) is 0 Å². The standard InChI is InChI=1S/C17H24N2O5S/c20-17(18-10-13-6-8-23-12-13)14-3-1-5-16(9-14)25(21,22)19-11-15-4-2-7-24-15/h1,3,5,9,13,15,19H,2,4,6-8,10-12H2,(H,18,20). The molecule has 2 unspecified atom stereocenters. The van der Waals surface area contributed by atoms with E-state index in [1.165, 1.54) is 12.1 Å². The highest BCUT2D eigenvalue weighted by molar-refractivity contribution is 7.89. The Labute approximate surface area is 148 Å². The Morgan fingerprint density at radius 2 is 2.08 bits per heavy atom. The molecule has 7 nitrogen and oxygen atoms in total. The van der Waals surface area contributed by atoms with Crippen molar-refractivity contribution in [2.45, 2.75) is 30.3 Å². The van der Waals surface area contributed by atoms with Crippen molar-refractivity contribution < 1.29 is 22.7 Å². The average molecular weight is 368 g/mol. The minimum Gasteiger partial charge on any atom is -0.381 e. The Kier molecular flexibility index (Phi) is 6.06. The first-order valence-corrected chi connectivity index (χ1v) is 10.1. The van der Waals surface area contributed by atoms with Crippen LogP contribution in [0, 0.1) is 5.92 Å². The van der Waals surface area contributed by atoms with Gasteiger partial charge >= 0.3 is 0 Å². The van der Waals surface area contributed by atoms with E-state index in [0.717, 1.165) is 25.9 Å². The van der Waals surface area contributed by atoms with E-state index in [0.29, 0.717) is 31.2 Å². The first-order valence-electron chi connectivity index (χ1n) is 8.62.